The van der Waals surface area contributed by atoms with Gasteiger partial charge in [-0.1, -0.05) is 178 Å². The van der Waals surface area contributed by atoms with Crippen LogP contribution in [0.2, 0.25) is 0 Å². The molecule has 0 saturated heterocycles. The summed E-state index contributed by atoms with van der Waals surface area (Å²) in [4.78, 5) is 4.88. The zero-order valence-electron chi connectivity index (χ0n) is 37.7. The highest BCUT2D eigenvalue weighted by Gasteiger charge is 2.41. The maximum atomic E-state index is 7.26. The van der Waals surface area contributed by atoms with Crippen molar-refractivity contribution in [3.05, 3.63) is 242 Å². The van der Waals surface area contributed by atoms with E-state index in [1.807, 2.05) is 0 Å². The average molecular weight is 869 g/mol. The minimum Gasteiger partial charge on any atom is -0.456 e. The third-order valence-corrected chi connectivity index (χ3v) is 14.7. The van der Waals surface area contributed by atoms with Crippen LogP contribution in [0.4, 0.5) is 34.1 Å². The van der Waals surface area contributed by atoms with Crippen molar-refractivity contribution in [3.8, 4) is 11.1 Å². The van der Waals surface area contributed by atoms with E-state index >= 15 is 0 Å². The Balaban J connectivity index is 0.976. The van der Waals surface area contributed by atoms with Crippen molar-refractivity contribution in [3.63, 3.8) is 0 Å². The zero-order chi connectivity index (χ0) is 45.1. The molecule has 13 aromatic rings. The van der Waals surface area contributed by atoms with E-state index in [4.69, 9.17) is 4.42 Å². The Hall–Kier alpha value is -8.66. The van der Waals surface area contributed by atoms with Gasteiger partial charge in [-0.05, 0) is 115 Å². The Kier molecular flexibility index (Phi) is 8.33. The Morgan fingerprint density at radius 1 is 0.338 bits per heavy atom. The number of benzene rings is 12. The van der Waals surface area contributed by atoms with Crippen LogP contribution in [-0.4, -0.2) is 0 Å². The standard InChI is InChI=1S/C65H44N2O/c1-65(2)57-40-60(67(44-23-7-4-8-24-44)59-38-42-20-10-12-26-47(42)49-28-14-16-30-51(49)59)52-31-17-18-32-54(52)62(57)56-36-35-55-53-34-33-45(39-61(53)68-64(55)63(56)65)66(43-21-5-3-6-22-43)58-37-41-19-9-11-25-46(41)48-27-13-15-29-50(48)58/h3-40H,1-2H3. The molecule has 0 radical (unpaired) electrons. The number of hydrogen-bond acceptors (Lipinski definition) is 3. The summed E-state index contributed by atoms with van der Waals surface area (Å²) in [5.74, 6) is 0. The maximum Gasteiger partial charge on any atom is 0.140 e. The van der Waals surface area contributed by atoms with E-state index in [0.29, 0.717) is 0 Å². The summed E-state index contributed by atoms with van der Waals surface area (Å²) in [5.41, 5.74) is 13.1. The molecule has 0 N–H and O–H groups in total. The number of nitrogens with zero attached hydrogens (tertiary/aromatic N) is 2. The molecular formula is C65H44N2O. The molecule has 0 aliphatic heterocycles. The second-order valence-corrected chi connectivity index (χ2v) is 18.8. The molecule has 14 rings (SSSR count). The van der Waals surface area contributed by atoms with Gasteiger partial charge in [-0.25, -0.2) is 0 Å². The second kappa shape index (κ2) is 14.7. The molecule has 0 spiro atoms. The highest BCUT2D eigenvalue weighted by molar-refractivity contribution is 6.19. The van der Waals surface area contributed by atoms with Crippen molar-refractivity contribution in [1.82, 2.24) is 0 Å². The molecule has 0 atom stereocenters. The van der Waals surface area contributed by atoms with Crippen molar-refractivity contribution in [2.75, 3.05) is 9.80 Å². The first-order chi connectivity index (χ1) is 33.5. The SMILES string of the molecule is CC1(C)c2cc(N(c3ccccc3)c3cc4ccccc4c4ccccc34)c3ccccc3c2-c2ccc3c(oc4cc(N(c5ccccc5)c5cc6ccccc6c6ccccc56)ccc43)c21. The summed E-state index contributed by atoms with van der Waals surface area (Å²) in [6.45, 7) is 4.77. The van der Waals surface area contributed by atoms with Crippen LogP contribution < -0.4 is 9.80 Å². The second-order valence-electron chi connectivity index (χ2n) is 18.8. The van der Waals surface area contributed by atoms with Gasteiger partial charge in [-0.2, -0.15) is 0 Å². The lowest BCUT2D eigenvalue weighted by Gasteiger charge is -2.31. The molecule has 1 heterocycles. The lowest BCUT2D eigenvalue weighted by atomic mass is 9.81. The van der Waals surface area contributed by atoms with Crippen molar-refractivity contribution in [2.45, 2.75) is 19.3 Å². The quantitative estimate of drug-likeness (QED) is 0.155. The molecule has 68 heavy (non-hydrogen) atoms. The topological polar surface area (TPSA) is 19.6 Å². The molecule has 12 aromatic carbocycles. The van der Waals surface area contributed by atoms with Gasteiger partial charge in [0.25, 0.3) is 0 Å². The fraction of sp³-hybridized carbons (Fsp3) is 0.0462. The van der Waals surface area contributed by atoms with E-state index in [-0.39, 0.29) is 0 Å². The van der Waals surface area contributed by atoms with Gasteiger partial charge in [0.05, 0.1) is 17.1 Å². The van der Waals surface area contributed by atoms with E-state index < -0.39 is 5.41 Å². The third kappa shape index (κ3) is 5.60. The van der Waals surface area contributed by atoms with Crippen LogP contribution in [-0.2, 0) is 5.41 Å². The summed E-state index contributed by atoms with van der Waals surface area (Å²) in [5, 5.41) is 14.5. The molecule has 320 valence electrons. The number of rotatable bonds is 6. The van der Waals surface area contributed by atoms with Crippen LogP contribution in [0.3, 0.4) is 0 Å². The molecule has 3 heteroatoms. The van der Waals surface area contributed by atoms with Crippen LogP contribution in [0.15, 0.2) is 235 Å². The van der Waals surface area contributed by atoms with Crippen molar-refractivity contribution >= 4 is 110 Å². The predicted molar refractivity (Wildman–Crippen MR) is 288 cm³/mol. The lowest BCUT2D eigenvalue weighted by Crippen LogP contribution is -2.17. The highest BCUT2D eigenvalue weighted by Crippen LogP contribution is 2.58. The van der Waals surface area contributed by atoms with E-state index in [0.717, 1.165) is 56.1 Å². The van der Waals surface area contributed by atoms with Gasteiger partial charge in [0.2, 0.25) is 0 Å². The van der Waals surface area contributed by atoms with Crippen LogP contribution >= 0.6 is 0 Å². The first-order valence-electron chi connectivity index (χ1n) is 23.6. The van der Waals surface area contributed by atoms with Crippen molar-refractivity contribution in [1.29, 1.82) is 0 Å². The third-order valence-electron chi connectivity index (χ3n) is 14.7. The molecule has 1 aromatic heterocycles. The predicted octanol–water partition coefficient (Wildman–Crippen LogP) is 18.6. The molecule has 0 saturated carbocycles. The Morgan fingerprint density at radius 2 is 0.794 bits per heavy atom. The summed E-state index contributed by atoms with van der Waals surface area (Å²) >= 11 is 0. The van der Waals surface area contributed by atoms with Gasteiger partial charge >= 0.3 is 0 Å². The number of anilines is 6. The molecule has 0 bridgehead atoms. The minimum absolute atomic E-state index is 0.395. The number of para-hydroxylation sites is 2. The number of furan rings is 1. The van der Waals surface area contributed by atoms with Gasteiger partial charge in [-0.3, -0.25) is 0 Å². The Morgan fingerprint density at radius 3 is 1.40 bits per heavy atom. The lowest BCUT2D eigenvalue weighted by molar-refractivity contribution is 0.620. The maximum absolute atomic E-state index is 7.26. The van der Waals surface area contributed by atoms with Crippen LogP contribution in [0, 0.1) is 0 Å². The van der Waals surface area contributed by atoms with Gasteiger partial charge < -0.3 is 14.2 Å². The molecule has 0 fully saturated rings. The number of hydrogen-bond donors (Lipinski definition) is 0. The average Bonchev–Trinajstić information content (AvgIpc) is 3.88. The van der Waals surface area contributed by atoms with Crippen LogP contribution in [0.5, 0.6) is 0 Å². The van der Waals surface area contributed by atoms with Gasteiger partial charge in [0.15, 0.2) is 0 Å². The monoisotopic (exact) mass is 868 g/mol. The fourth-order valence-corrected chi connectivity index (χ4v) is 11.7. The zero-order valence-corrected chi connectivity index (χ0v) is 37.7. The van der Waals surface area contributed by atoms with Gasteiger partial charge in [0.1, 0.15) is 11.2 Å². The van der Waals surface area contributed by atoms with E-state index in [1.54, 1.807) is 0 Å². The van der Waals surface area contributed by atoms with Crippen molar-refractivity contribution < 1.29 is 4.42 Å². The normalized spacial score (nSPS) is 13.0. The van der Waals surface area contributed by atoms with E-state index in [2.05, 4.69) is 254 Å². The van der Waals surface area contributed by atoms with Gasteiger partial charge in [0, 0.05) is 61.0 Å². The van der Waals surface area contributed by atoms with Crippen LogP contribution in [0.25, 0.3) is 86.9 Å². The van der Waals surface area contributed by atoms with E-state index in [1.165, 1.54) is 76.1 Å². The minimum atomic E-state index is -0.395. The first-order valence-corrected chi connectivity index (χ1v) is 23.6. The van der Waals surface area contributed by atoms with E-state index in [9.17, 15) is 0 Å². The summed E-state index contributed by atoms with van der Waals surface area (Å²) < 4.78 is 7.26. The molecule has 1 aliphatic rings. The fourth-order valence-electron chi connectivity index (χ4n) is 11.7. The molecular weight excluding hydrogens is 825 g/mol. The smallest absolute Gasteiger partial charge is 0.140 e. The van der Waals surface area contributed by atoms with Crippen molar-refractivity contribution in [2.24, 2.45) is 0 Å². The summed E-state index contributed by atoms with van der Waals surface area (Å²) in [7, 11) is 0. The molecule has 0 amide bonds. The molecule has 0 unspecified atom stereocenters. The largest absolute Gasteiger partial charge is 0.456 e. The summed E-state index contributed by atoms with van der Waals surface area (Å²) in [6.07, 6.45) is 0. The first kappa shape index (κ1) is 38.6. The Labute approximate surface area is 394 Å². The Bertz CT molecular complexity index is 4190. The van der Waals surface area contributed by atoms with Crippen LogP contribution in [0.1, 0.15) is 25.0 Å². The molecule has 3 nitrogen and oxygen atoms in total. The summed E-state index contributed by atoms with van der Waals surface area (Å²) in [6, 6.07) is 84.2. The molecule has 1 aliphatic carbocycles. The van der Waals surface area contributed by atoms with Gasteiger partial charge in [-0.15, -0.1) is 0 Å². The number of fused-ring (bicyclic) bond motifs is 15. The highest BCUT2D eigenvalue weighted by atomic mass is 16.3.